The third kappa shape index (κ3) is 2.87. The second-order valence-electron chi connectivity index (χ2n) is 5.88. The van der Waals surface area contributed by atoms with Crippen LogP contribution in [0.4, 0.5) is 10.8 Å². The number of fused-ring (bicyclic) bond motifs is 2. The van der Waals surface area contributed by atoms with Crippen molar-refractivity contribution in [1.82, 2.24) is 4.98 Å². The number of nitrogens with one attached hydrogen (secondary N) is 1. The molecule has 2 amide bonds. The van der Waals surface area contributed by atoms with Gasteiger partial charge in [-0.25, -0.2) is 4.98 Å². The molecule has 1 aliphatic heterocycles. The summed E-state index contributed by atoms with van der Waals surface area (Å²) in [7, 11) is 0. The first-order chi connectivity index (χ1) is 11.7. The highest BCUT2D eigenvalue weighted by Gasteiger charge is 2.27. The normalized spacial score (nSPS) is 16.2. The Balaban J connectivity index is 1.48. The summed E-state index contributed by atoms with van der Waals surface area (Å²) in [5.74, 6) is 0.156. The van der Waals surface area contributed by atoms with Crippen molar-refractivity contribution in [2.45, 2.75) is 25.7 Å². The van der Waals surface area contributed by atoms with Crippen LogP contribution in [0.1, 0.15) is 23.4 Å². The second kappa shape index (κ2) is 6.24. The Morgan fingerprint density at radius 2 is 2.12 bits per heavy atom. The van der Waals surface area contributed by atoms with Gasteiger partial charge in [-0.15, -0.1) is 11.3 Å². The predicted octanol–water partition coefficient (Wildman–Crippen LogP) is 2.39. The van der Waals surface area contributed by atoms with Gasteiger partial charge in [0, 0.05) is 4.88 Å². The van der Waals surface area contributed by atoms with Gasteiger partial charge in [-0.05, 0) is 37.8 Å². The summed E-state index contributed by atoms with van der Waals surface area (Å²) in [5.41, 5.74) is 1.73. The van der Waals surface area contributed by atoms with E-state index in [1.807, 2.05) is 12.1 Å². The van der Waals surface area contributed by atoms with Gasteiger partial charge in [0.05, 0.1) is 11.4 Å². The fraction of sp³-hybridized carbons (Fsp3) is 0.353. The second-order valence-corrected chi connectivity index (χ2v) is 6.96. The Morgan fingerprint density at radius 3 is 3.00 bits per heavy atom. The minimum Gasteiger partial charge on any atom is -0.482 e. The largest absolute Gasteiger partial charge is 0.482 e. The molecule has 0 bridgehead atoms. The molecule has 0 fully saturated rings. The van der Waals surface area contributed by atoms with Crippen LogP contribution in [0.5, 0.6) is 5.75 Å². The number of amides is 2. The van der Waals surface area contributed by atoms with E-state index in [0.29, 0.717) is 16.6 Å². The number of hydrogen-bond acceptors (Lipinski definition) is 5. The topological polar surface area (TPSA) is 71.5 Å². The predicted molar refractivity (Wildman–Crippen MR) is 91.7 cm³/mol. The van der Waals surface area contributed by atoms with Gasteiger partial charge in [0.15, 0.2) is 11.7 Å². The van der Waals surface area contributed by atoms with Gasteiger partial charge < -0.3 is 10.1 Å². The Bertz CT molecular complexity index is 779. The lowest BCUT2D eigenvalue weighted by Gasteiger charge is -2.28. The van der Waals surface area contributed by atoms with Crippen molar-refractivity contribution in [1.29, 1.82) is 0 Å². The van der Waals surface area contributed by atoms with E-state index in [2.05, 4.69) is 10.3 Å². The van der Waals surface area contributed by atoms with Crippen LogP contribution in [0.15, 0.2) is 24.3 Å². The number of rotatable bonds is 3. The summed E-state index contributed by atoms with van der Waals surface area (Å²) < 4.78 is 5.39. The molecule has 124 valence electrons. The lowest BCUT2D eigenvalue weighted by atomic mass is 10.0. The lowest BCUT2D eigenvalue weighted by Crippen LogP contribution is -2.43. The van der Waals surface area contributed by atoms with Gasteiger partial charge in [-0.1, -0.05) is 12.1 Å². The van der Waals surface area contributed by atoms with Gasteiger partial charge >= 0.3 is 0 Å². The maximum absolute atomic E-state index is 12.4. The molecular formula is C17H17N3O3S. The number of benzene rings is 1. The van der Waals surface area contributed by atoms with Gasteiger partial charge in [-0.2, -0.15) is 0 Å². The monoisotopic (exact) mass is 343 g/mol. The van der Waals surface area contributed by atoms with E-state index >= 15 is 0 Å². The SMILES string of the molecule is O=C(CN1C(=O)COc2ccccc21)Nc1nc2c(s1)CCCC2. The number of aryl methyl sites for hydroxylation is 2. The maximum Gasteiger partial charge on any atom is 0.265 e. The van der Waals surface area contributed by atoms with E-state index in [0.717, 1.165) is 25.0 Å². The van der Waals surface area contributed by atoms with E-state index in [1.54, 1.807) is 23.5 Å². The zero-order valence-electron chi connectivity index (χ0n) is 13.1. The number of thiazole rings is 1. The standard InChI is InChI=1S/C17H17N3O3S/c21-15(19-17-18-11-5-1-4-8-14(11)24-17)9-20-12-6-2-3-7-13(12)23-10-16(20)22/h2-3,6-7H,1,4-5,8-10H2,(H,18,19,21). The molecule has 0 radical (unpaired) electrons. The smallest absolute Gasteiger partial charge is 0.265 e. The Labute approximate surface area is 143 Å². The third-order valence-corrected chi connectivity index (χ3v) is 5.27. The highest BCUT2D eigenvalue weighted by Crippen LogP contribution is 2.32. The first kappa shape index (κ1) is 15.1. The number of carbonyl (C=O) groups excluding carboxylic acids is 2. The Morgan fingerprint density at radius 1 is 1.29 bits per heavy atom. The zero-order valence-corrected chi connectivity index (χ0v) is 13.9. The van der Waals surface area contributed by atoms with Crippen LogP contribution < -0.4 is 15.0 Å². The number of para-hydroxylation sites is 2. The summed E-state index contributed by atoms with van der Waals surface area (Å²) in [6, 6.07) is 7.23. The molecular weight excluding hydrogens is 326 g/mol. The van der Waals surface area contributed by atoms with Crippen LogP contribution in [0.25, 0.3) is 0 Å². The van der Waals surface area contributed by atoms with Crippen LogP contribution in [-0.4, -0.2) is 29.9 Å². The van der Waals surface area contributed by atoms with Gasteiger partial charge in [-0.3, -0.25) is 14.5 Å². The molecule has 0 spiro atoms. The van der Waals surface area contributed by atoms with Crippen molar-refractivity contribution in [3.8, 4) is 5.75 Å². The number of anilines is 2. The molecule has 7 heteroatoms. The van der Waals surface area contributed by atoms with Gasteiger partial charge in [0.25, 0.3) is 5.91 Å². The molecule has 24 heavy (non-hydrogen) atoms. The minimum atomic E-state index is -0.244. The number of carbonyl (C=O) groups is 2. The zero-order chi connectivity index (χ0) is 16.5. The number of nitrogens with zero attached hydrogens (tertiary/aromatic N) is 2. The van der Waals surface area contributed by atoms with E-state index in [1.165, 1.54) is 16.2 Å². The highest BCUT2D eigenvalue weighted by molar-refractivity contribution is 7.15. The molecule has 0 saturated carbocycles. The summed E-state index contributed by atoms with van der Waals surface area (Å²) >= 11 is 1.54. The van der Waals surface area contributed by atoms with Crippen molar-refractivity contribution in [3.05, 3.63) is 34.8 Å². The molecule has 4 rings (SSSR count). The lowest BCUT2D eigenvalue weighted by molar-refractivity contribution is -0.123. The van der Waals surface area contributed by atoms with Crippen LogP contribution >= 0.6 is 11.3 Å². The maximum atomic E-state index is 12.4. The average Bonchev–Trinajstić information content (AvgIpc) is 2.99. The molecule has 1 aromatic carbocycles. The first-order valence-electron chi connectivity index (χ1n) is 8.01. The van der Waals surface area contributed by atoms with Gasteiger partial charge in [0.1, 0.15) is 12.3 Å². The van der Waals surface area contributed by atoms with Crippen LogP contribution in [0.2, 0.25) is 0 Å². The summed E-state index contributed by atoms with van der Waals surface area (Å²) in [4.78, 5) is 31.7. The average molecular weight is 343 g/mol. The van der Waals surface area contributed by atoms with E-state index < -0.39 is 0 Å². The molecule has 2 heterocycles. The van der Waals surface area contributed by atoms with Gasteiger partial charge in [0.2, 0.25) is 5.91 Å². The fourth-order valence-corrected chi connectivity index (χ4v) is 4.10. The van der Waals surface area contributed by atoms with Crippen LogP contribution in [0, 0.1) is 0 Å². The van der Waals surface area contributed by atoms with E-state index in [9.17, 15) is 9.59 Å². The summed E-state index contributed by atoms with van der Waals surface area (Å²) in [5, 5.41) is 3.46. The van der Waals surface area contributed by atoms with Crippen LogP contribution in [0.3, 0.4) is 0 Å². The fourth-order valence-electron chi connectivity index (χ4n) is 3.04. The van der Waals surface area contributed by atoms with Crippen LogP contribution in [-0.2, 0) is 22.4 Å². The minimum absolute atomic E-state index is 0.0382. The highest BCUT2D eigenvalue weighted by atomic mass is 32.1. The Kier molecular flexibility index (Phi) is 3.93. The molecule has 1 aromatic heterocycles. The number of aromatic nitrogens is 1. The molecule has 0 atom stereocenters. The van der Waals surface area contributed by atoms with Crippen molar-refractivity contribution in [2.75, 3.05) is 23.4 Å². The van der Waals surface area contributed by atoms with Crippen molar-refractivity contribution in [3.63, 3.8) is 0 Å². The summed E-state index contributed by atoms with van der Waals surface area (Å²) in [6.07, 6.45) is 4.36. The molecule has 2 aromatic rings. The van der Waals surface area contributed by atoms with E-state index in [4.69, 9.17) is 4.74 Å². The molecule has 1 aliphatic carbocycles. The number of ether oxygens (including phenoxy) is 1. The molecule has 2 aliphatic rings. The van der Waals surface area contributed by atoms with Crippen molar-refractivity contribution < 1.29 is 14.3 Å². The van der Waals surface area contributed by atoms with E-state index in [-0.39, 0.29) is 25.0 Å². The quantitative estimate of drug-likeness (QED) is 0.929. The molecule has 0 saturated heterocycles. The Hall–Kier alpha value is -2.41. The van der Waals surface area contributed by atoms with Crippen molar-refractivity contribution >= 4 is 34.0 Å². The molecule has 1 N–H and O–H groups in total. The van der Waals surface area contributed by atoms with Crippen molar-refractivity contribution in [2.24, 2.45) is 0 Å². The third-order valence-electron chi connectivity index (χ3n) is 4.20. The summed E-state index contributed by atoms with van der Waals surface area (Å²) in [6.45, 7) is -0.0840. The number of hydrogen-bond donors (Lipinski definition) is 1. The first-order valence-corrected chi connectivity index (χ1v) is 8.83. The molecule has 0 unspecified atom stereocenters. The molecule has 6 nitrogen and oxygen atoms in total.